The Balaban J connectivity index is 1.90. The number of amides is 1. The Labute approximate surface area is 143 Å². The first-order valence-electron chi connectivity index (χ1n) is 7.27. The molecule has 24 heavy (non-hydrogen) atoms. The van der Waals surface area contributed by atoms with Crippen LogP contribution in [-0.2, 0) is 6.61 Å². The molecule has 2 N–H and O–H groups in total. The molecule has 3 aromatic rings. The van der Waals surface area contributed by atoms with E-state index < -0.39 is 0 Å². The first-order valence-corrected chi connectivity index (χ1v) is 7.64. The molecule has 1 heterocycles. The molecule has 0 saturated carbocycles. The van der Waals surface area contributed by atoms with E-state index in [-0.39, 0.29) is 23.4 Å². The number of fused-ring (bicyclic) bond motifs is 1. The van der Waals surface area contributed by atoms with Crippen LogP contribution in [0.25, 0.3) is 10.8 Å². The lowest BCUT2D eigenvalue weighted by atomic mass is 10.1. The number of methoxy groups -OCH3 is 1. The van der Waals surface area contributed by atoms with Crippen LogP contribution in [0.2, 0.25) is 5.15 Å². The van der Waals surface area contributed by atoms with Crippen LogP contribution in [0.5, 0.6) is 5.75 Å². The van der Waals surface area contributed by atoms with Gasteiger partial charge in [-0.2, -0.15) is 0 Å². The number of hydrogen-bond donors (Lipinski definition) is 2. The summed E-state index contributed by atoms with van der Waals surface area (Å²) in [7, 11) is 1.52. The molecule has 0 aliphatic carbocycles. The molecule has 1 amide bonds. The fraction of sp³-hybridized carbons (Fsp3) is 0.111. The zero-order valence-electron chi connectivity index (χ0n) is 12.9. The van der Waals surface area contributed by atoms with E-state index in [0.717, 1.165) is 10.8 Å². The fourth-order valence-corrected chi connectivity index (χ4v) is 2.71. The number of nitrogens with one attached hydrogen (secondary N) is 1. The monoisotopic (exact) mass is 342 g/mol. The van der Waals surface area contributed by atoms with Crippen molar-refractivity contribution < 1.29 is 14.6 Å². The van der Waals surface area contributed by atoms with Crippen LogP contribution in [-0.4, -0.2) is 23.1 Å². The number of hydrogen-bond acceptors (Lipinski definition) is 4. The van der Waals surface area contributed by atoms with Gasteiger partial charge >= 0.3 is 0 Å². The van der Waals surface area contributed by atoms with Gasteiger partial charge in [-0.15, -0.1) is 0 Å². The van der Waals surface area contributed by atoms with E-state index in [1.165, 1.54) is 7.11 Å². The van der Waals surface area contributed by atoms with Gasteiger partial charge < -0.3 is 15.2 Å². The summed E-state index contributed by atoms with van der Waals surface area (Å²) >= 11 is 6.16. The number of rotatable bonds is 4. The number of anilines is 1. The number of pyridine rings is 1. The molecule has 0 spiro atoms. The number of aliphatic hydroxyl groups is 1. The van der Waals surface area contributed by atoms with Gasteiger partial charge in [-0.3, -0.25) is 4.79 Å². The van der Waals surface area contributed by atoms with Crippen molar-refractivity contribution in [1.29, 1.82) is 0 Å². The first-order chi connectivity index (χ1) is 11.6. The van der Waals surface area contributed by atoms with E-state index in [4.69, 9.17) is 16.3 Å². The number of nitrogens with zero attached hydrogens (tertiary/aromatic N) is 1. The summed E-state index contributed by atoms with van der Waals surface area (Å²) in [4.78, 5) is 16.6. The highest BCUT2D eigenvalue weighted by molar-refractivity contribution is 6.34. The van der Waals surface area contributed by atoms with Gasteiger partial charge in [0.15, 0.2) is 0 Å². The van der Waals surface area contributed by atoms with Gasteiger partial charge in [0.25, 0.3) is 5.91 Å². The second-order valence-electron chi connectivity index (χ2n) is 5.16. The summed E-state index contributed by atoms with van der Waals surface area (Å²) in [6.45, 7) is -0.188. The lowest BCUT2D eigenvalue weighted by Gasteiger charge is -2.10. The molecule has 0 atom stereocenters. The zero-order valence-corrected chi connectivity index (χ0v) is 13.7. The average Bonchev–Trinajstić information content (AvgIpc) is 2.61. The van der Waals surface area contributed by atoms with Crippen molar-refractivity contribution in [3.8, 4) is 5.75 Å². The second-order valence-corrected chi connectivity index (χ2v) is 5.52. The van der Waals surface area contributed by atoms with Gasteiger partial charge in [0.05, 0.1) is 13.7 Å². The largest absolute Gasteiger partial charge is 0.496 e. The molecule has 0 bridgehead atoms. The smallest absolute Gasteiger partial charge is 0.274 e. The summed E-state index contributed by atoms with van der Waals surface area (Å²) in [6.07, 6.45) is 0. The first kappa shape index (κ1) is 16.2. The molecule has 3 rings (SSSR count). The zero-order chi connectivity index (χ0) is 17.1. The van der Waals surface area contributed by atoms with E-state index in [0.29, 0.717) is 17.0 Å². The third kappa shape index (κ3) is 3.18. The van der Waals surface area contributed by atoms with Gasteiger partial charge in [0, 0.05) is 16.6 Å². The highest BCUT2D eigenvalue weighted by Gasteiger charge is 2.12. The third-order valence-corrected chi connectivity index (χ3v) is 3.92. The lowest BCUT2D eigenvalue weighted by Crippen LogP contribution is -2.14. The number of halogens is 1. The molecule has 0 aliphatic heterocycles. The average molecular weight is 343 g/mol. The van der Waals surface area contributed by atoms with Gasteiger partial charge in [-0.25, -0.2) is 4.98 Å². The van der Waals surface area contributed by atoms with Crippen LogP contribution in [0.4, 0.5) is 5.69 Å². The van der Waals surface area contributed by atoms with Crippen LogP contribution < -0.4 is 10.1 Å². The lowest BCUT2D eigenvalue weighted by molar-refractivity contribution is 0.102. The molecular formula is C18H15ClN2O3. The van der Waals surface area contributed by atoms with Crippen molar-refractivity contribution in [1.82, 2.24) is 4.98 Å². The van der Waals surface area contributed by atoms with Crippen LogP contribution in [0.15, 0.2) is 48.5 Å². The Morgan fingerprint density at radius 1 is 1.25 bits per heavy atom. The molecule has 1 aromatic heterocycles. The van der Waals surface area contributed by atoms with Crippen molar-refractivity contribution in [2.45, 2.75) is 6.61 Å². The van der Waals surface area contributed by atoms with Crippen molar-refractivity contribution >= 4 is 34.0 Å². The van der Waals surface area contributed by atoms with Crippen LogP contribution in [0.3, 0.4) is 0 Å². The minimum Gasteiger partial charge on any atom is -0.496 e. The topological polar surface area (TPSA) is 71.5 Å². The predicted octanol–water partition coefficient (Wildman–Crippen LogP) is 3.64. The molecule has 0 saturated heterocycles. The number of aromatic nitrogens is 1. The minimum absolute atomic E-state index is 0.188. The SMILES string of the molecule is COc1ccc(NC(=O)c2cc3ccccc3c(Cl)n2)cc1CO. The summed E-state index contributed by atoms with van der Waals surface area (Å²) < 4.78 is 5.14. The maximum atomic E-state index is 12.4. The van der Waals surface area contributed by atoms with Crippen molar-refractivity contribution in [3.05, 3.63) is 64.9 Å². The molecule has 0 aliphatic rings. The number of carbonyl (C=O) groups is 1. The molecule has 2 aromatic carbocycles. The van der Waals surface area contributed by atoms with E-state index >= 15 is 0 Å². The van der Waals surface area contributed by atoms with E-state index in [1.54, 1.807) is 24.3 Å². The normalized spacial score (nSPS) is 10.6. The molecular weight excluding hydrogens is 328 g/mol. The van der Waals surface area contributed by atoms with Crippen molar-refractivity contribution in [2.24, 2.45) is 0 Å². The molecule has 5 nitrogen and oxygen atoms in total. The minimum atomic E-state index is -0.378. The molecule has 0 radical (unpaired) electrons. The van der Waals surface area contributed by atoms with Gasteiger partial charge in [-0.1, -0.05) is 35.9 Å². The highest BCUT2D eigenvalue weighted by atomic mass is 35.5. The Kier molecular flexibility index (Phi) is 4.64. The number of aliphatic hydroxyl groups excluding tert-OH is 1. The van der Waals surface area contributed by atoms with Crippen LogP contribution >= 0.6 is 11.6 Å². The van der Waals surface area contributed by atoms with Gasteiger partial charge in [0.1, 0.15) is 16.6 Å². The molecule has 0 fully saturated rings. The molecule has 122 valence electrons. The second kappa shape index (κ2) is 6.86. The van der Waals surface area contributed by atoms with Crippen LogP contribution in [0, 0.1) is 0 Å². The fourth-order valence-electron chi connectivity index (χ4n) is 2.45. The summed E-state index contributed by atoms with van der Waals surface area (Å²) in [5.41, 5.74) is 1.34. The summed E-state index contributed by atoms with van der Waals surface area (Å²) in [6, 6.07) is 14.2. The standard InChI is InChI=1S/C18H15ClN2O3/c1-24-16-7-6-13(8-12(16)10-22)20-18(23)15-9-11-4-2-3-5-14(11)17(19)21-15/h2-9,22H,10H2,1H3,(H,20,23). The van der Waals surface area contributed by atoms with Crippen LogP contribution in [0.1, 0.15) is 16.1 Å². The Hall–Kier alpha value is -2.63. The maximum Gasteiger partial charge on any atom is 0.274 e. The van der Waals surface area contributed by atoms with E-state index in [1.807, 2.05) is 24.3 Å². The summed E-state index contributed by atoms with van der Waals surface area (Å²) in [5.74, 6) is 0.180. The van der Waals surface area contributed by atoms with Crippen molar-refractivity contribution in [3.63, 3.8) is 0 Å². The van der Waals surface area contributed by atoms with E-state index in [2.05, 4.69) is 10.3 Å². The van der Waals surface area contributed by atoms with E-state index in [9.17, 15) is 9.90 Å². The highest BCUT2D eigenvalue weighted by Crippen LogP contribution is 2.25. The Morgan fingerprint density at radius 3 is 2.79 bits per heavy atom. The molecule has 0 unspecified atom stereocenters. The van der Waals surface area contributed by atoms with Gasteiger partial charge in [0.2, 0.25) is 0 Å². The van der Waals surface area contributed by atoms with Gasteiger partial charge in [-0.05, 0) is 29.7 Å². The Morgan fingerprint density at radius 2 is 2.04 bits per heavy atom. The summed E-state index contributed by atoms with van der Waals surface area (Å²) in [5, 5.41) is 14.0. The Bertz CT molecular complexity index is 912. The number of carbonyl (C=O) groups excluding carboxylic acids is 1. The maximum absolute atomic E-state index is 12.4. The quantitative estimate of drug-likeness (QED) is 0.710. The molecule has 6 heteroatoms. The van der Waals surface area contributed by atoms with Crippen molar-refractivity contribution in [2.75, 3.05) is 12.4 Å². The predicted molar refractivity (Wildman–Crippen MR) is 93.6 cm³/mol. The third-order valence-electron chi connectivity index (χ3n) is 3.64. The number of benzene rings is 2. The number of ether oxygens (including phenoxy) is 1.